The minimum Gasteiger partial charge on any atom is -0.507 e. The molecule has 0 aliphatic carbocycles. The van der Waals surface area contributed by atoms with Crippen LogP contribution in [0.4, 0.5) is 0 Å². The zero-order chi connectivity index (χ0) is 33.1. The van der Waals surface area contributed by atoms with Crippen LogP contribution in [0.25, 0.3) is 5.76 Å². The molecule has 0 aromatic heterocycles. The summed E-state index contributed by atoms with van der Waals surface area (Å²) in [5.74, 6) is -1.98. The van der Waals surface area contributed by atoms with E-state index in [0.717, 1.165) is 5.57 Å². The lowest BCUT2D eigenvalue weighted by atomic mass is 10.0. The topological polar surface area (TPSA) is 134 Å². The van der Waals surface area contributed by atoms with E-state index in [1.807, 2.05) is 35.6 Å². The summed E-state index contributed by atoms with van der Waals surface area (Å²) < 4.78 is 12.0. The molecule has 3 amide bonds. The maximum atomic E-state index is 14.1. The molecule has 10 nitrogen and oxygen atoms in total. The van der Waals surface area contributed by atoms with Gasteiger partial charge in [-0.2, -0.15) is 0 Å². The van der Waals surface area contributed by atoms with Crippen LogP contribution in [0.2, 0.25) is 0 Å². The predicted molar refractivity (Wildman–Crippen MR) is 180 cm³/mol. The molecule has 1 heterocycles. The first kappa shape index (κ1) is 35.6. The van der Waals surface area contributed by atoms with Crippen molar-refractivity contribution in [3.63, 3.8) is 0 Å². The number of allylic oxidation sites excluding steroid dienone is 2. The van der Waals surface area contributed by atoms with Gasteiger partial charge in [0.05, 0.1) is 16.8 Å². The maximum Gasteiger partial charge on any atom is 0.359 e. The van der Waals surface area contributed by atoms with Gasteiger partial charge < -0.3 is 30.1 Å². The number of carbonyl (C=O) groups is 4. The molecule has 0 radical (unpaired) electrons. The number of amides is 3. The quantitative estimate of drug-likeness (QED) is 0.135. The van der Waals surface area contributed by atoms with E-state index >= 15 is 0 Å². The SMILES string of the molecule is CO/C(=C1/NC(=O)C(Cc2ccc(O)c(I)c2)N(C)C(=O)C(C)NC(=O)CCCC=C(C)CCC(C)OC1=O)c1ccccc1. The number of phenolic OH excluding ortho intramolecular Hbond substituents is 1. The number of cyclic esters (lactones) is 1. The van der Waals surface area contributed by atoms with E-state index in [9.17, 15) is 24.3 Å². The van der Waals surface area contributed by atoms with Gasteiger partial charge in [-0.15, -0.1) is 0 Å². The number of rotatable bonds is 4. The van der Waals surface area contributed by atoms with E-state index in [4.69, 9.17) is 9.47 Å². The molecule has 0 spiro atoms. The molecule has 3 rings (SSSR count). The van der Waals surface area contributed by atoms with Gasteiger partial charge in [-0.05, 0) is 86.7 Å². The Morgan fingerprint density at radius 1 is 1.09 bits per heavy atom. The van der Waals surface area contributed by atoms with Crippen molar-refractivity contribution in [2.24, 2.45) is 0 Å². The van der Waals surface area contributed by atoms with Crippen molar-refractivity contribution in [3.8, 4) is 5.75 Å². The Bertz CT molecular complexity index is 1440. The summed E-state index contributed by atoms with van der Waals surface area (Å²) >= 11 is 1.98. The van der Waals surface area contributed by atoms with Crippen LogP contribution < -0.4 is 10.6 Å². The molecule has 0 bridgehead atoms. The molecule has 3 atom stereocenters. The number of nitrogens with one attached hydrogen (secondary N) is 2. The van der Waals surface area contributed by atoms with Crippen molar-refractivity contribution in [3.05, 3.63) is 80.6 Å². The van der Waals surface area contributed by atoms with Gasteiger partial charge in [-0.25, -0.2) is 4.79 Å². The molecule has 242 valence electrons. The monoisotopic (exact) mass is 731 g/mol. The zero-order valence-corrected chi connectivity index (χ0v) is 28.6. The number of ether oxygens (including phenoxy) is 2. The van der Waals surface area contributed by atoms with Crippen molar-refractivity contribution < 1.29 is 33.8 Å². The lowest BCUT2D eigenvalue weighted by Gasteiger charge is -2.30. The Kier molecular flexibility index (Phi) is 13.4. The molecular formula is C34H42IN3O7. The third-order valence-electron chi connectivity index (χ3n) is 7.58. The Hall–Kier alpha value is -3.87. The predicted octanol–water partition coefficient (Wildman–Crippen LogP) is 4.84. The number of aromatic hydroxyl groups is 1. The van der Waals surface area contributed by atoms with E-state index < -0.39 is 36.0 Å². The van der Waals surface area contributed by atoms with Crippen LogP contribution in [0.5, 0.6) is 5.75 Å². The number of methoxy groups -OCH3 is 1. The minimum absolute atomic E-state index is 0.0579. The number of hydrogen-bond acceptors (Lipinski definition) is 7. The number of phenols is 1. The fourth-order valence-electron chi connectivity index (χ4n) is 4.95. The van der Waals surface area contributed by atoms with Crippen molar-refractivity contribution >= 4 is 52.0 Å². The first-order valence-corrected chi connectivity index (χ1v) is 16.0. The van der Waals surface area contributed by atoms with Crippen molar-refractivity contribution in [2.75, 3.05) is 14.2 Å². The third kappa shape index (κ3) is 10.3. The molecule has 3 unspecified atom stereocenters. The van der Waals surface area contributed by atoms with Crippen LogP contribution in [0, 0.1) is 3.57 Å². The lowest BCUT2D eigenvalue weighted by molar-refractivity contribution is -0.146. The van der Waals surface area contributed by atoms with E-state index in [0.29, 0.717) is 40.4 Å². The van der Waals surface area contributed by atoms with Crippen LogP contribution >= 0.6 is 22.6 Å². The second kappa shape index (κ2) is 17.0. The number of halogens is 1. The molecule has 0 saturated heterocycles. The summed E-state index contributed by atoms with van der Waals surface area (Å²) in [6.07, 6.45) is 4.45. The highest BCUT2D eigenvalue weighted by molar-refractivity contribution is 14.1. The summed E-state index contributed by atoms with van der Waals surface area (Å²) in [4.78, 5) is 55.3. The Morgan fingerprint density at radius 3 is 2.47 bits per heavy atom. The van der Waals surface area contributed by atoms with Gasteiger partial charge >= 0.3 is 5.97 Å². The summed E-state index contributed by atoms with van der Waals surface area (Å²) in [6.45, 7) is 5.35. The van der Waals surface area contributed by atoms with E-state index in [1.54, 1.807) is 50.2 Å². The molecule has 1 aliphatic rings. The molecule has 3 N–H and O–H groups in total. The maximum absolute atomic E-state index is 14.1. The Morgan fingerprint density at radius 2 is 1.80 bits per heavy atom. The molecule has 0 saturated carbocycles. The number of likely N-dealkylation sites (N-methyl/N-ethyl adjacent to an activating group) is 1. The summed E-state index contributed by atoms with van der Waals surface area (Å²) in [7, 11) is 2.88. The van der Waals surface area contributed by atoms with Crippen LogP contribution in [-0.4, -0.2) is 66.0 Å². The molecule has 11 heteroatoms. The third-order valence-corrected chi connectivity index (χ3v) is 8.44. The average Bonchev–Trinajstić information content (AvgIpc) is 3.01. The van der Waals surface area contributed by atoms with Gasteiger partial charge in [-0.3, -0.25) is 14.4 Å². The fourth-order valence-corrected chi connectivity index (χ4v) is 5.53. The zero-order valence-electron chi connectivity index (χ0n) is 26.4. The Labute approximate surface area is 278 Å². The van der Waals surface area contributed by atoms with E-state index in [-0.39, 0.29) is 36.0 Å². The first-order chi connectivity index (χ1) is 21.4. The average molecular weight is 732 g/mol. The molecule has 1 aliphatic heterocycles. The largest absolute Gasteiger partial charge is 0.507 e. The number of esters is 1. The fraction of sp³-hybridized carbons (Fsp3) is 0.412. The highest BCUT2D eigenvalue weighted by Crippen LogP contribution is 2.24. The number of nitrogens with zero attached hydrogens (tertiary/aromatic N) is 1. The van der Waals surface area contributed by atoms with Gasteiger partial charge in [0, 0.05) is 25.5 Å². The van der Waals surface area contributed by atoms with Crippen LogP contribution in [0.3, 0.4) is 0 Å². The van der Waals surface area contributed by atoms with Crippen LogP contribution in [0.15, 0.2) is 65.9 Å². The molecular weight excluding hydrogens is 689 g/mol. The molecule has 2 aromatic rings. The molecule has 45 heavy (non-hydrogen) atoms. The second-order valence-electron chi connectivity index (χ2n) is 11.2. The Balaban J connectivity index is 2.09. The first-order valence-electron chi connectivity index (χ1n) is 15.0. The summed E-state index contributed by atoms with van der Waals surface area (Å²) in [6, 6.07) is 11.7. The van der Waals surface area contributed by atoms with Gasteiger partial charge in [0.25, 0.3) is 0 Å². The van der Waals surface area contributed by atoms with Gasteiger partial charge in [0.2, 0.25) is 17.7 Å². The van der Waals surface area contributed by atoms with E-state index in [2.05, 4.69) is 16.7 Å². The second-order valence-corrected chi connectivity index (χ2v) is 12.4. The minimum atomic E-state index is -1.11. The number of hydrogen-bond donors (Lipinski definition) is 3. The van der Waals surface area contributed by atoms with E-state index in [1.165, 1.54) is 25.1 Å². The van der Waals surface area contributed by atoms with Crippen molar-refractivity contribution in [2.45, 2.75) is 77.5 Å². The van der Waals surface area contributed by atoms with Gasteiger partial charge in [-0.1, -0.05) is 48.0 Å². The molecule has 2 aromatic carbocycles. The normalized spacial score (nSPS) is 22.6. The lowest BCUT2D eigenvalue weighted by Crippen LogP contribution is -2.54. The van der Waals surface area contributed by atoms with Crippen molar-refractivity contribution in [1.82, 2.24) is 15.5 Å². The smallest absolute Gasteiger partial charge is 0.359 e. The van der Waals surface area contributed by atoms with Gasteiger partial charge in [0.1, 0.15) is 17.8 Å². The van der Waals surface area contributed by atoms with Gasteiger partial charge in [0.15, 0.2) is 11.5 Å². The van der Waals surface area contributed by atoms with Crippen molar-refractivity contribution in [1.29, 1.82) is 0 Å². The molecule has 0 fully saturated rings. The number of benzene rings is 2. The number of carbonyl (C=O) groups excluding carboxylic acids is 4. The highest BCUT2D eigenvalue weighted by Gasteiger charge is 2.33. The summed E-state index contributed by atoms with van der Waals surface area (Å²) in [5, 5.41) is 15.5. The van der Waals surface area contributed by atoms with Crippen LogP contribution in [-0.2, 0) is 35.1 Å². The highest BCUT2D eigenvalue weighted by atomic mass is 127. The summed E-state index contributed by atoms with van der Waals surface area (Å²) in [5.41, 5.74) is 2.13. The van der Waals surface area contributed by atoms with Crippen LogP contribution in [0.1, 0.15) is 64.0 Å². The standard InChI is InChI=1S/C34H42IN3O7/c1-21-11-9-10-14-29(40)36-23(3)33(42)38(4)27(20-24-17-18-28(39)26(35)19-24)32(41)37-30(34(43)45-22(2)16-15-21)31(44-5)25-12-7-6-8-13-25/h6-8,11-13,17-19,22-23,27,39H,9-10,14-16,20H2,1-5H3,(H,36,40)(H,37,41)/b21-11?,31-30+.